The van der Waals surface area contributed by atoms with Gasteiger partial charge in [0, 0.05) is 0 Å². The summed E-state index contributed by atoms with van der Waals surface area (Å²) in [7, 11) is 0. The summed E-state index contributed by atoms with van der Waals surface area (Å²) in [4.78, 5) is 0. The van der Waals surface area contributed by atoms with Crippen molar-refractivity contribution < 1.29 is 28.8 Å². The SMILES string of the molecule is C=C[C@@]1(O)[C@H]2OC(C)(C)O[C@H]2OC1(C)C1COC(C)(C)O1. The highest BCUT2D eigenvalue weighted by molar-refractivity contribution is 5.23. The molecule has 1 N–H and O–H groups in total. The maximum absolute atomic E-state index is 11.2. The van der Waals surface area contributed by atoms with Crippen LogP contribution in [0.3, 0.4) is 0 Å². The number of aliphatic hydroxyl groups is 1. The van der Waals surface area contributed by atoms with Gasteiger partial charge in [-0.25, -0.2) is 0 Å². The molecule has 120 valence electrons. The van der Waals surface area contributed by atoms with Crippen molar-refractivity contribution in [2.24, 2.45) is 0 Å². The maximum atomic E-state index is 11.2. The predicted octanol–water partition coefficient (Wildman–Crippen LogP) is 1.32. The fourth-order valence-corrected chi connectivity index (χ4v) is 3.34. The highest BCUT2D eigenvalue weighted by Gasteiger charge is 2.71. The summed E-state index contributed by atoms with van der Waals surface area (Å²) in [6.07, 6.45) is -0.309. The van der Waals surface area contributed by atoms with Crippen molar-refractivity contribution in [3.8, 4) is 0 Å². The summed E-state index contributed by atoms with van der Waals surface area (Å²) >= 11 is 0. The largest absolute Gasteiger partial charge is 0.380 e. The molecule has 3 saturated heterocycles. The molecule has 0 aliphatic carbocycles. The van der Waals surface area contributed by atoms with Crippen LogP contribution < -0.4 is 0 Å². The van der Waals surface area contributed by atoms with E-state index in [1.807, 2.05) is 13.8 Å². The fraction of sp³-hybridized carbons (Fsp3) is 0.867. The summed E-state index contributed by atoms with van der Waals surface area (Å²) in [5.41, 5.74) is -2.49. The van der Waals surface area contributed by atoms with E-state index in [0.717, 1.165) is 0 Å². The number of hydrogen-bond acceptors (Lipinski definition) is 6. The third-order valence-corrected chi connectivity index (χ3v) is 4.58. The Morgan fingerprint density at radius 3 is 2.19 bits per heavy atom. The number of rotatable bonds is 2. The molecule has 0 amide bonds. The normalized spacial score (nSPS) is 51.0. The summed E-state index contributed by atoms with van der Waals surface area (Å²) in [5, 5.41) is 11.2. The molecule has 2 unspecified atom stereocenters. The van der Waals surface area contributed by atoms with Crippen LogP contribution >= 0.6 is 0 Å². The van der Waals surface area contributed by atoms with Gasteiger partial charge in [-0.05, 0) is 34.6 Å². The Bertz CT molecular complexity index is 461. The van der Waals surface area contributed by atoms with Crippen molar-refractivity contribution in [1.82, 2.24) is 0 Å². The van der Waals surface area contributed by atoms with Gasteiger partial charge in [-0.1, -0.05) is 6.08 Å². The first-order valence-corrected chi connectivity index (χ1v) is 7.24. The van der Waals surface area contributed by atoms with Crippen molar-refractivity contribution in [3.05, 3.63) is 12.7 Å². The molecule has 3 aliphatic heterocycles. The topological polar surface area (TPSA) is 66.4 Å². The molecule has 0 aromatic rings. The molecule has 6 heteroatoms. The smallest absolute Gasteiger partial charge is 0.191 e. The van der Waals surface area contributed by atoms with E-state index in [1.165, 1.54) is 6.08 Å². The molecular weight excluding hydrogens is 276 g/mol. The first kappa shape index (κ1) is 15.4. The van der Waals surface area contributed by atoms with Crippen LogP contribution in [0.2, 0.25) is 0 Å². The lowest BCUT2D eigenvalue weighted by Crippen LogP contribution is -2.61. The lowest BCUT2D eigenvalue weighted by Gasteiger charge is -2.42. The van der Waals surface area contributed by atoms with Crippen LogP contribution in [0, 0.1) is 0 Å². The molecule has 3 heterocycles. The molecule has 0 radical (unpaired) electrons. The summed E-state index contributed by atoms with van der Waals surface area (Å²) in [6, 6.07) is 0. The van der Waals surface area contributed by atoms with Crippen LogP contribution in [-0.4, -0.2) is 53.0 Å². The van der Waals surface area contributed by atoms with E-state index in [1.54, 1.807) is 20.8 Å². The summed E-state index contributed by atoms with van der Waals surface area (Å²) < 4.78 is 29.1. The van der Waals surface area contributed by atoms with Crippen molar-refractivity contribution in [1.29, 1.82) is 0 Å². The van der Waals surface area contributed by atoms with Crippen LogP contribution in [0.4, 0.5) is 0 Å². The fourth-order valence-electron chi connectivity index (χ4n) is 3.34. The van der Waals surface area contributed by atoms with Crippen LogP contribution in [-0.2, 0) is 23.7 Å². The van der Waals surface area contributed by atoms with Crippen molar-refractivity contribution >= 4 is 0 Å². The molecule has 6 nitrogen and oxygen atoms in total. The second-order valence-electron chi connectivity index (χ2n) is 7.00. The number of fused-ring (bicyclic) bond motifs is 1. The first-order valence-electron chi connectivity index (χ1n) is 7.24. The minimum absolute atomic E-state index is 0.322. The molecule has 0 bridgehead atoms. The zero-order valence-electron chi connectivity index (χ0n) is 13.2. The zero-order valence-corrected chi connectivity index (χ0v) is 13.2. The number of ether oxygens (including phenoxy) is 5. The standard InChI is InChI=1S/C15H24O6/c1-7-15(16)10-11(20-13(4,5)19-10)21-14(15,6)9-8-17-12(2,3)18-9/h7,9-11,16H,1,8H2,2-6H3/t9?,10-,11-,14?,15+/m0/s1. The number of hydrogen-bond donors (Lipinski definition) is 1. The van der Waals surface area contributed by atoms with Crippen molar-refractivity contribution in [2.45, 2.75) is 75.9 Å². The van der Waals surface area contributed by atoms with Crippen molar-refractivity contribution in [3.63, 3.8) is 0 Å². The zero-order chi connectivity index (χ0) is 15.7. The predicted molar refractivity (Wildman–Crippen MR) is 73.4 cm³/mol. The molecular formula is C15H24O6. The van der Waals surface area contributed by atoms with Crippen LogP contribution in [0.15, 0.2) is 12.7 Å². The molecule has 0 saturated carbocycles. The van der Waals surface area contributed by atoms with Crippen LogP contribution in [0.5, 0.6) is 0 Å². The second kappa shape index (κ2) is 4.28. The quantitative estimate of drug-likeness (QED) is 0.776. The third-order valence-electron chi connectivity index (χ3n) is 4.58. The summed E-state index contributed by atoms with van der Waals surface area (Å²) in [5.74, 6) is -1.52. The second-order valence-corrected chi connectivity index (χ2v) is 7.00. The lowest BCUT2D eigenvalue weighted by molar-refractivity contribution is -0.272. The molecule has 5 atom stereocenters. The van der Waals surface area contributed by atoms with E-state index >= 15 is 0 Å². The average molecular weight is 300 g/mol. The molecule has 0 aromatic heterocycles. The van der Waals surface area contributed by atoms with E-state index in [9.17, 15) is 5.11 Å². The van der Waals surface area contributed by atoms with E-state index in [4.69, 9.17) is 23.7 Å². The Balaban J connectivity index is 1.92. The van der Waals surface area contributed by atoms with E-state index in [-0.39, 0.29) is 0 Å². The Kier molecular flexibility index (Phi) is 3.14. The van der Waals surface area contributed by atoms with Gasteiger partial charge in [0.25, 0.3) is 0 Å². The Labute approximate surface area is 125 Å². The van der Waals surface area contributed by atoms with E-state index < -0.39 is 41.3 Å². The van der Waals surface area contributed by atoms with Crippen LogP contribution in [0.1, 0.15) is 34.6 Å². The Morgan fingerprint density at radius 2 is 1.67 bits per heavy atom. The molecule has 3 fully saturated rings. The molecule has 21 heavy (non-hydrogen) atoms. The van der Waals surface area contributed by atoms with Gasteiger partial charge in [0.15, 0.2) is 17.9 Å². The first-order chi connectivity index (χ1) is 9.53. The lowest BCUT2D eigenvalue weighted by atomic mass is 9.78. The van der Waals surface area contributed by atoms with E-state index in [0.29, 0.717) is 6.61 Å². The summed E-state index contributed by atoms with van der Waals surface area (Å²) in [6.45, 7) is 13.1. The maximum Gasteiger partial charge on any atom is 0.191 e. The Hall–Kier alpha value is -0.500. The molecule has 0 spiro atoms. The van der Waals surface area contributed by atoms with Gasteiger partial charge < -0.3 is 28.8 Å². The third kappa shape index (κ3) is 2.09. The highest BCUT2D eigenvalue weighted by Crippen LogP contribution is 2.52. The van der Waals surface area contributed by atoms with Crippen molar-refractivity contribution in [2.75, 3.05) is 6.61 Å². The molecule has 0 aromatic carbocycles. The van der Waals surface area contributed by atoms with Gasteiger partial charge in [-0.3, -0.25) is 0 Å². The molecule has 3 aliphatic rings. The monoisotopic (exact) mass is 300 g/mol. The Morgan fingerprint density at radius 1 is 1.00 bits per heavy atom. The molecule has 3 rings (SSSR count). The minimum atomic E-state index is -1.43. The van der Waals surface area contributed by atoms with Gasteiger partial charge in [0.2, 0.25) is 0 Å². The van der Waals surface area contributed by atoms with Gasteiger partial charge >= 0.3 is 0 Å². The minimum Gasteiger partial charge on any atom is -0.380 e. The average Bonchev–Trinajstić information content (AvgIpc) is 2.92. The van der Waals surface area contributed by atoms with E-state index in [2.05, 4.69) is 6.58 Å². The van der Waals surface area contributed by atoms with Crippen LogP contribution in [0.25, 0.3) is 0 Å². The van der Waals surface area contributed by atoms with Gasteiger partial charge in [0.1, 0.15) is 23.4 Å². The van der Waals surface area contributed by atoms with Gasteiger partial charge in [0.05, 0.1) is 6.61 Å². The highest BCUT2D eigenvalue weighted by atomic mass is 16.9. The van der Waals surface area contributed by atoms with Gasteiger partial charge in [-0.2, -0.15) is 0 Å². The van der Waals surface area contributed by atoms with Gasteiger partial charge in [-0.15, -0.1) is 6.58 Å².